The lowest BCUT2D eigenvalue weighted by Crippen LogP contribution is -2.32. The summed E-state index contributed by atoms with van der Waals surface area (Å²) in [6, 6.07) is 3.62. The van der Waals surface area contributed by atoms with Crippen LogP contribution in [0.5, 0.6) is 0 Å². The molecule has 25 heavy (non-hydrogen) atoms. The van der Waals surface area contributed by atoms with Crippen LogP contribution in [0.3, 0.4) is 0 Å². The zero-order chi connectivity index (χ0) is 17.7. The van der Waals surface area contributed by atoms with Gasteiger partial charge in [-0.05, 0) is 44.2 Å². The fourth-order valence-electron chi connectivity index (χ4n) is 2.59. The number of anilines is 1. The number of guanidine groups is 1. The van der Waals surface area contributed by atoms with Gasteiger partial charge >= 0.3 is 0 Å². The molecule has 2 heterocycles. The monoisotopic (exact) mass is 345 g/mol. The molecule has 1 saturated heterocycles. The van der Waals surface area contributed by atoms with Gasteiger partial charge in [-0.1, -0.05) is 19.8 Å². The van der Waals surface area contributed by atoms with E-state index in [1.165, 1.54) is 0 Å². The lowest BCUT2D eigenvalue weighted by molar-refractivity contribution is -0.187. The predicted molar refractivity (Wildman–Crippen MR) is 96.6 cm³/mol. The van der Waals surface area contributed by atoms with E-state index in [0.717, 1.165) is 57.2 Å². The fraction of sp³-hybridized carbons (Fsp3) is 0.611. The van der Waals surface area contributed by atoms with E-state index in [-0.39, 0.29) is 12.5 Å². The third-order valence-corrected chi connectivity index (χ3v) is 3.89. The molecule has 2 atom stereocenters. The molecule has 2 unspecified atom stereocenters. The Morgan fingerprint density at radius 1 is 1.44 bits per heavy atom. The number of nitrogens with one attached hydrogen (secondary N) is 2. The molecule has 1 aliphatic rings. The average molecular weight is 345 g/mol. The van der Waals surface area contributed by atoms with Crippen molar-refractivity contribution >= 4 is 11.6 Å². The van der Waals surface area contributed by atoms with Crippen LogP contribution >= 0.6 is 0 Å². The number of hydrogen-bond donors (Lipinski definition) is 2. The molecule has 0 radical (unpaired) electrons. The molecule has 7 nitrogen and oxygen atoms in total. The zero-order valence-electron chi connectivity index (χ0n) is 14.8. The molecule has 1 aliphatic heterocycles. The highest BCUT2D eigenvalue weighted by Gasteiger charge is 2.20. The highest BCUT2D eigenvalue weighted by atomic mass is 16.7. The quantitative estimate of drug-likeness (QED) is 0.247. The Hall–Kier alpha value is -2.17. The van der Waals surface area contributed by atoms with Crippen LogP contribution in [0.4, 0.5) is 5.69 Å². The van der Waals surface area contributed by atoms with E-state index in [0.29, 0.717) is 5.96 Å². The van der Waals surface area contributed by atoms with Crippen molar-refractivity contribution in [2.24, 2.45) is 4.99 Å². The number of nitriles is 1. The van der Waals surface area contributed by atoms with Gasteiger partial charge in [0.05, 0.1) is 0 Å². The van der Waals surface area contributed by atoms with E-state index in [1.807, 2.05) is 18.3 Å². The summed E-state index contributed by atoms with van der Waals surface area (Å²) in [4.78, 5) is 8.56. The maximum Gasteiger partial charge on any atom is 0.211 e. The lowest BCUT2D eigenvalue weighted by atomic mass is 10.2. The first-order valence-corrected chi connectivity index (χ1v) is 8.99. The van der Waals surface area contributed by atoms with Gasteiger partial charge in [0.25, 0.3) is 0 Å². The first-order valence-electron chi connectivity index (χ1n) is 8.99. The Morgan fingerprint density at radius 2 is 2.28 bits per heavy atom. The van der Waals surface area contributed by atoms with E-state index in [9.17, 15) is 0 Å². The number of aliphatic imine (C=N–C) groups is 1. The van der Waals surface area contributed by atoms with Gasteiger partial charge in [-0.2, -0.15) is 5.26 Å². The summed E-state index contributed by atoms with van der Waals surface area (Å²) < 4.78 is 11.7. The number of pyridine rings is 1. The largest absolute Gasteiger partial charge is 0.353 e. The van der Waals surface area contributed by atoms with Crippen LogP contribution in [0, 0.1) is 11.5 Å². The molecule has 0 spiro atoms. The SMILES string of the molecule is CCCCCC(/N=C(\NC#N)Nc1ccncc1)OC1CCCCO1. The van der Waals surface area contributed by atoms with Gasteiger partial charge in [0.15, 0.2) is 18.7 Å². The standard InChI is InChI=1S/C18H27N5O2/c1-2-3-4-7-16(25-17-8-5-6-13-24-17)23-18(21-14-19)22-15-9-11-20-12-10-15/h9-12,16-17H,2-8,13H2,1H3,(H2,20,21,22,23). The molecule has 2 N–H and O–H groups in total. The maximum absolute atomic E-state index is 9.00. The molecule has 0 aliphatic carbocycles. The summed E-state index contributed by atoms with van der Waals surface area (Å²) in [5, 5.41) is 14.7. The van der Waals surface area contributed by atoms with Crippen molar-refractivity contribution in [2.75, 3.05) is 11.9 Å². The van der Waals surface area contributed by atoms with Crippen LogP contribution < -0.4 is 10.6 Å². The molecule has 0 amide bonds. The minimum Gasteiger partial charge on any atom is -0.353 e. The molecule has 0 saturated carbocycles. The molecule has 136 valence electrons. The zero-order valence-corrected chi connectivity index (χ0v) is 14.8. The number of ether oxygens (including phenoxy) is 2. The molecule has 2 rings (SSSR count). The Kier molecular flexibility index (Phi) is 8.73. The van der Waals surface area contributed by atoms with Crippen LogP contribution in [0.15, 0.2) is 29.5 Å². The smallest absolute Gasteiger partial charge is 0.211 e. The summed E-state index contributed by atoms with van der Waals surface area (Å²) in [5.41, 5.74) is 0.803. The predicted octanol–water partition coefficient (Wildman–Crippen LogP) is 3.37. The number of rotatable bonds is 8. The maximum atomic E-state index is 9.00. The second kappa shape index (κ2) is 11.4. The van der Waals surface area contributed by atoms with Crippen molar-refractivity contribution in [3.63, 3.8) is 0 Å². The lowest BCUT2D eigenvalue weighted by Gasteiger charge is -2.26. The van der Waals surface area contributed by atoms with Gasteiger partial charge in [-0.25, -0.2) is 4.99 Å². The molecule has 0 aromatic carbocycles. The van der Waals surface area contributed by atoms with Gasteiger partial charge in [0.1, 0.15) is 0 Å². The third kappa shape index (κ3) is 7.50. The van der Waals surface area contributed by atoms with E-state index in [1.54, 1.807) is 12.4 Å². The second-order valence-corrected chi connectivity index (χ2v) is 5.96. The summed E-state index contributed by atoms with van der Waals surface area (Å²) in [6.45, 7) is 2.89. The van der Waals surface area contributed by atoms with Crippen molar-refractivity contribution in [1.29, 1.82) is 5.26 Å². The van der Waals surface area contributed by atoms with Crippen LogP contribution in [0.25, 0.3) is 0 Å². The Morgan fingerprint density at radius 3 is 2.96 bits per heavy atom. The first kappa shape index (κ1) is 19.2. The summed E-state index contributed by atoms with van der Waals surface area (Å²) >= 11 is 0. The molecule has 7 heteroatoms. The molecule has 1 fully saturated rings. The fourth-order valence-corrected chi connectivity index (χ4v) is 2.59. The Labute approximate surface area is 149 Å². The molecule has 1 aromatic rings. The van der Waals surface area contributed by atoms with Crippen molar-refractivity contribution in [3.05, 3.63) is 24.5 Å². The number of hydrogen-bond acceptors (Lipinski definition) is 5. The molecule has 0 bridgehead atoms. The summed E-state index contributed by atoms with van der Waals surface area (Å²) in [6.07, 6.45) is 11.9. The van der Waals surface area contributed by atoms with E-state index < -0.39 is 0 Å². The van der Waals surface area contributed by atoms with Crippen molar-refractivity contribution in [1.82, 2.24) is 10.3 Å². The van der Waals surface area contributed by atoms with Crippen LogP contribution in [-0.2, 0) is 9.47 Å². The molecule has 1 aromatic heterocycles. The molecular weight excluding hydrogens is 318 g/mol. The highest BCUT2D eigenvalue weighted by molar-refractivity contribution is 5.94. The Balaban J connectivity index is 2.04. The van der Waals surface area contributed by atoms with Crippen LogP contribution in [-0.4, -0.2) is 30.1 Å². The van der Waals surface area contributed by atoms with Gasteiger partial charge in [-0.15, -0.1) is 0 Å². The minimum atomic E-state index is -0.347. The van der Waals surface area contributed by atoms with Crippen molar-refractivity contribution in [3.8, 4) is 6.19 Å². The van der Waals surface area contributed by atoms with Crippen molar-refractivity contribution < 1.29 is 9.47 Å². The van der Waals surface area contributed by atoms with Crippen LogP contribution in [0.1, 0.15) is 51.9 Å². The Bertz CT molecular complexity index is 552. The summed E-state index contributed by atoms with van der Waals surface area (Å²) in [7, 11) is 0. The van der Waals surface area contributed by atoms with E-state index in [2.05, 4.69) is 27.5 Å². The second-order valence-electron chi connectivity index (χ2n) is 5.96. The van der Waals surface area contributed by atoms with Gasteiger partial charge in [0.2, 0.25) is 5.96 Å². The highest BCUT2D eigenvalue weighted by Crippen LogP contribution is 2.19. The van der Waals surface area contributed by atoms with Gasteiger partial charge < -0.3 is 14.8 Å². The number of nitrogens with zero attached hydrogens (tertiary/aromatic N) is 3. The number of aromatic nitrogens is 1. The van der Waals surface area contributed by atoms with E-state index in [4.69, 9.17) is 14.7 Å². The van der Waals surface area contributed by atoms with Gasteiger partial charge in [-0.3, -0.25) is 10.3 Å². The first-order chi connectivity index (χ1) is 12.3. The summed E-state index contributed by atoms with van der Waals surface area (Å²) in [5.74, 6) is 0.367. The molecular formula is C18H27N5O2. The van der Waals surface area contributed by atoms with Crippen LogP contribution in [0.2, 0.25) is 0 Å². The third-order valence-electron chi connectivity index (χ3n) is 3.89. The minimum absolute atomic E-state index is 0.214. The number of unbranched alkanes of at least 4 members (excludes halogenated alkanes) is 2. The topological polar surface area (TPSA) is 91.6 Å². The van der Waals surface area contributed by atoms with E-state index >= 15 is 0 Å². The average Bonchev–Trinajstić information content (AvgIpc) is 2.64. The van der Waals surface area contributed by atoms with Crippen molar-refractivity contribution in [2.45, 2.75) is 64.4 Å². The van der Waals surface area contributed by atoms with Gasteiger partial charge in [0, 0.05) is 24.7 Å². The normalized spacial score (nSPS) is 19.0.